The van der Waals surface area contributed by atoms with Crippen molar-refractivity contribution >= 4 is 44.2 Å². The van der Waals surface area contributed by atoms with Gasteiger partial charge in [0.15, 0.2) is 0 Å². The minimum Gasteiger partial charge on any atom is -0.344 e. The second-order valence-corrected chi connectivity index (χ2v) is 6.98. The summed E-state index contributed by atoms with van der Waals surface area (Å²) in [6.45, 7) is 0.817. The van der Waals surface area contributed by atoms with Crippen LogP contribution >= 0.6 is 15.9 Å². The number of carbonyl (C=O) groups excluding carboxylic acids is 1. The van der Waals surface area contributed by atoms with Gasteiger partial charge in [-0.25, -0.2) is 9.97 Å². The summed E-state index contributed by atoms with van der Waals surface area (Å²) in [5, 5.41) is 4.00. The van der Waals surface area contributed by atoms with E-state index in [1.165, 1.54) is 0 Å². The lowest BCUT2D eigenvalue weighted by Gasteiger charge is -2.25. The fourth-order valence-electron chi connectivity index (χ4n) is 3.30. The fourth-order valence-corrected chi connectivity index (χ4v) is 3.70. The molecule has 1 unspecified atom stereocenters. The molecular formula is C19H17BrN4O. The second-order valence-electron chi connectivity index (χ2n) is 6.07. The number of para-hydroxylation sites is 1. The highest BCUT2D eigenvalue weighted by molar-refractivity contribution is 9.10. The molecule has 1 atom stereocenters. The summed E-state index contributed by atoms with van der Waals surface area (Å²) in [4.78, 5) is 23.7. The quantitative estimate of drug-likeness (QED) is 0.726. The number of hydrogen-bond acceptors (Lipinski definition) is 4. The Morgan fingerprint density at radius 1 is 1.16 bits per heavy atom. The molecule has 0 saturated carbocycles. The molecular weight excluding hydrogens is 380 g/mol. The number of halogens is 1. The summed E-state index contributed by atoms with van der Waals surface area (Å²) in [6.07, 6.45) is 3.35. The molecule has 1 aromatic heterocycles. The third-order valence-electron chi connectivity index (χ3n) is 4.44. The molecule has 1 saturated heterocycles. The van der Waals surface area contributed by atoms with Crippen LogP contribution in [0.4, 0.5) is 11.5 Å². The van der Waals surface area contributed by atoms with E-state index in [2.05, 4.69) is 36.1 Å². The van der Waals surface area contributed by atoms with Crippen LogP contribution < -0.4 is 10.2 Å². The molecule has 1 aliphatic heterocycles. The van der Waals surface area contributed by atoms with E-state index in [4.69, 9.17) is 0 Å². The van der Waals surface area contributed by atoms with E-state index in [0.29, 0.717) is 0 Å². The van der Waals surface area contributed by atoms with E-state index in [9.17, 15) is 4.79 Å². The molecule has 6 heteroatoms. The zero-order valence-corrected chi connectivity index (χ0v) is 15.1. The van der Waals surface area contributed by atoms with Crippen molar-refractivity contribution in [2.75, 3.05) is 16.8 Å². The van der Waals surface area contributed by atoms with Gasteiger partial charge in [0.05, 0.1) is 5.52 Å². The Balaban J connectivity index is 1.62. The minimum atomic E-state index is -0.225. The number of carbonyl (C=O) groups is 1. The lowest BCUT2D eigenvalue weighted by Crippen LogP contribution is -2.40. The van der Waals surface area contributed by atoms with Crippen LogP contribution in [0.15, 0.2) is 59.3 Å². The van der Waals surface area contributed by atoms with Crippen molar-refractivity contribution in [2.24, 2.45) is 0 Å². The van der Waals surface area contributed by atoms with Crippen molar-refractivity contribution in [1.82, 2.24) is 9.97 Å². The first-order chi connectivity index (χ1) is 12.2. The van der Waals surface area contributed by atoms with Crippen molar-refractivity contribution in [3.05, 3.63) is 59.3 Å². The molecule has 5 nitrogen and oxygen atoms in total. The highest BCUT2D eigenvalue weighted by Crippen LogP contribution is 2.30. The van der Waals surface area contributed by atoms with Gasteiger partial charge in [-0.3, -0.25) is 4.79 Å². The van der Waals surface area contributed by atoms with Crippen molar-refractivity contribution in [3.8, 4) is 0 Å². The molecule has 1 fully saturated rings. The van der Waals surface area contributed by atoms with Gasteiger partial charge in [0.1, 0.15) is 18.2 Å². The standard InChI is InChI=1S/C19H17BrN4O/c20-13-5-3-6-14(11-13)23-19(25)17-9-4-10-24(17)18-15-7-1-2-8-16(15)21-12-22-18/h1-3,5-8,11-12,17H,4,9-10H2,(H,23,25). The number of fused-ring (bicyclic) bond motifs is 1. The molecule has 25 heavy (non-hydrogen) atoms. The normalized spacial score (nSPS) is 17.0. The van der Waals surface area contributed by atoms with Gasteiger partial charge in [-0.1, -0.05) is 34.1 Å². The van der Waals surface area contributed by atoms with Gasteiger partial charge < -0.3 is 10.2 Å². The smallest absolute Gasteiger partial charge is 0.247 e. The maximum atomic E-state index is 12.8. The van der Waals surface area contributed by atoms with E-state index in [1.54, 1.807) is 6.33 Å². The van der Waals surface area contributed by atoms with Crippen LogP contribution in [0.3, 0.4) is 0 Å². The average Bonchev–Trinajstić information content (AvgIpc) is 3.11. The van der Waals surface area contributed by atoms with Crippen LogP contribution in [-0.2, 0) is 4.79 Å². The largest absolute Gasteiger partial charge is 0.344 e. The summed E-state index contributed by atoms with van der Waals surface area (Å²) < 4.78 is 0.940. The Morgan fingerprint density at radius 2 is 2.04 bits per heavy atom. The SMILES string of the molecule is O=C(Nc1cccc(Br)c1)C1CCCN1c1ncnc2ccccc12. The first-order valence-corrected chi connectivity index (χ1v) is 9.04. The van der Waals surface area contributed by atoms with E-state index in [0.717, 1.165) is 46.3 Å². The predicted molar refractivity (Wildman–Crippen MR) is 103 cm³/mol. The first-order valence-electron chi connectivity index (χ1n) is 8.25. The number of anilines is 2. The highest BCUT2D eigenvalue weighted by Gasteiger charge is 2.32. The lowest BCUT2D eigenvalue weighted by molar-refractivity contribution is -0.117. The van der Waals surface area contributed by atoms with Gasteiger partial charge in [-0.15, -0.1) is 0 Å². The summed E-state index contributed by atoms with van der Waals surface area (Å²) in [5.74, 6) is 0.829. The van der Waals surface area contributed by atoms with Gasteiger partial charge >= 0.3 is 0 Å². The van der Waals surface area contributed by atoms with Crippen LogP contribution in [0.1, 0.15) is 12.8 Å². The Bertz CT molecular complexity index is 925. The predicted octanol–water partition coefficient (Wildman–Crippen LogP) is 4.00. The molecule has 0 aliphatic carbocycles. The van der Waals surface area contributed by atoms with Crippen molar-refractivity contribution in [3.63, 3.8) is 0 Å². The molecule has 0 spiro atoms. The summed E-state index contributed by atoms with van der Waals surface area (Å²) in [7, 11) is 0. The topological polar surface area (TPSA) is 58.1 Å². The third kappa shape index (κ3) is 3.22. The maximum absolute atomic E-state index is 12.8. The Morgan fingerprint density at radius 3 is 2.92 bits per heavy atom. The summed E-state index contributed by atoms with van der Waals surface area (Å²) in [5.41, 5.74) is 1.68. The molecule has 3 aromatic rings. The van der Waals surface area contributed by atoms with Crippen molar-refractivity contribution < 1.29 is 4.79 Å². The van der Waals surface area contributed by atoms with E-state index in [1.807, 2.05) is 48.5 Å². The fraction of sp³-hybridized carbons (Fsp3) is 0.211. The molecule has 0 bridgehead atoms. The maximum Gasteiger partial charge on any atom is 0.247 e. The monoisotopic (exact) mass is 396 g/mol. The molecule has 1 aliphatic rings. The van der Waals surface area contributed by atoms with Crippen LogP contribution in [0.25, 0.3) is 10.9 Å². The number of aromatic nitrogens is 2. The zero-order chi connectivity index (χ0) is 17.2. The van der Waals surface area contributed by atoms with Gasteiger partial charge in [0, 0.05) is 22.1 Å². The molecule has 4 rings (SSSR count). The second kappa shape index (κ2) is 6.80. The first kappa shape index (κ1) is 16.0. The van der Waals surface area contributed by atoms with Crippen LogP contribution in [-0.4, -0.2) is 28.5 Å². The molecule has 126 valence electrons. The molecule has 2 heterocycles. The minimum absolute atomic E-state index is 0.00158. The Labute approximate surface area is 154 Å². The van der Waals surface area contributed by atoms with E-state index in [-0.39, 0.29) is 11.9 Å². The Kier molecular flexibility index (Phi) is 4.36. The average molecular weight is 397 g/mol. The van der Waals surface area contributed by atoms with E-state index < -0.39 is 0 Å². The summed E-state index contributed by atoms with van der Waals surface area (Å²) in [6, 6.07) is 15.3. The lowest BCUT2D eigenvalue weighted by atomic mass is 10.1. The number of nitrogens with one attached hydrogen (secondary N) is 1. The van der Waals surface area contributed by atoms with Crippen LogP contribution in [0, 0.1) is 0 Å². The van der Waals surface area contributed by atoms with Crippen LogP contribution in [0.5, 0.6) is 0 Å². The van der Waals surface area contributed by atoms with Gasteiger partial charge in [-0.2, -0.15) is 0 Å². The number of hydrogen-bond donors (Lipinski definition) is 1. The number of benzene rings is 2. The summed E-state index contributed by atoms with van der Waals surface area (Å²) >= 11 is 3.43. The third-order valence-corrected chi connectivity index (χ3v) is 4.93. The number of nitrogens with zero attached hydrogens (tertiary/aromatic N) is 3. The van der Waals surface area contributed by atoms with Crippen LogP contribution in [0.2, 0.25) is 0 Å². The molecule has 1 amide bonds. The Hall–Kier alpha value is -2.47. The number of rotatable bonds is 3. The van der Waals surface area contributed by atoms with Gasteiger partial charge in [0.25, 0.3) is 0 Å². The molecule has 0 radical (unpaired) electrons. The molecule has 1 N–H and O–H groups in total. The van der Waals surface area contributed by atoms with Crippen molar-refractivity contribution in [1.29, 1.82) is 0 Å². The highest BCUT2D eigenvalue weighted by atomic mass is 79.9. The van der Waals surface area contributed by atoms with E-state index >= 15 is 0 Å². The molecule has 2 aromatic carbocycles. The number of amides is 1. The van der Waals surface area contributed by atoms with Gasteiger partial charge in [0.2, 0.25) is 5.91 Å². The van der Waals surface area contributed by atoms with Gasteiger partial charge in [-0.05, 0) is 43.2 Å². The zero-order valence-electron chi connectivity index (χ0n) is 13.5. The van der Waals surface area contributed by atoms with Crippen molar-refractivity contribution in [2.45, 2.75) is 18.9 Å².